The first kappa shape index (κ1) is 27.7. The van der Waals surface area contributed by atoms with Gasteiger partial charge in [0.2, 0.25) is 0 Å². The molecular weight excluding hydrogens is 487 g/mol. The van der Waals surface area contributed by atoms with Gasteiger partial charge in [0.15, 0.2) is 10.9 Å². The van der Waals surface area contributed by atoms with Gasteiger partial charge in [0.1, 0.15) is 0 Å². The molecule has 0 aromatic heterocycles. The number of ketones is 1. The number of nitrogens with zero attached hydrogens (tertiary/aromatic N) is 1. The molecule has 2 aromatic carbocycles. The number of hydrogen-bond acceptors (Lipinski definition) is 5. The fraction of sp³-hybridized carbons (Fsp3) is 0.304. The molecule has 1 saturated heterocycles. The van der Waals surface area contributed by atoms with E-state index in [0.29, 0.717) is 11.3 Å². The molecule has 4 N–H and O–H groups in total. The first-order valence-corrected chi connectivity index (χ1v) is 10.8. The van der Waals surface area contributed by atoms with E-state index in [1.807, 2.05) is 7.05 Å². The van der Waals surface area contributed by atoms with Crippen LogP contribution in [0.15, 0.2) is 48.5 Å². The molecule has 0 amide bonds. The van der Waals surface area contributed by atoms with Crippen molar-refractivity contribution in [3.05, 3.63) is 59.7 Å². The smallest absolute Gasteiger partial charge is 0.418 e. The molecule has 0 atom stereocenters. The molecule has 0 aliphatic carbocycles. The number of benzene rings is 2. The van der Waals surface area contributed by atoms with Crippen LogP contribution in [0.3, 0.4) is 0 Å². The number of carbonyl (C=O) groups excluding carboxylic acids is 1. The number of nitrogens with one attached hydrogen (secondary N) is 2. The lowest BCUT2D eigenvalue weighted by Gasteiger charge is -2.28. The number of carboxylic acid groups (broad SMARTS) is 2. The number of rotatable bonds is 4. The molecule has 0 radical (unpaired) electrons. The number of likely N-dealkylation sites (tertiary alicyclic amines) is 1. The Labute approximate surface area is 204 Å². The second-order valence-corrected chi connectivity index (χ2v) is 8.16. The molecule has 188 valence electrons. The number of alkyl halides is 3. The Balaban J connectivity index is 0.000000641. The van der Waals surface area contributed by atoms with Gasteiger partial charge in [0, 0.05) is 17.2 Å². The number of Topliss-reactive ketones (excluding diaryl/α,β-unsaturated/α-hetero) is 1. The van der Waals surface area contributed by atoms with E-state index in [4.69, 9.17) is 32.0 Å². The average Bonchev–Trinajstić information content (AvgIpc) is 2.79. The summed E-state index contributed by atoms with van der Waals surface area (Å²) in [6.45, 7) is 1.78. The number of para-hydroxylation sites is 1. The molecule has 0 spiro atoms. The predicted molar refractivity (Wildman–Crippen MR) is 128 cm³/mol. The van der Waals surface area contributed by atoms with E-state index >= 15 is 0 Å². The van der Waals surface area contributed by atoms with Crippen LogP contribution in [-0.4, -0.2) is 58.1 Å². The molecule has 12 heteroatoms. The van der Waals surface area contributed by atoms with Crippen LogP contribution in [0, 0.1) is 5.92 Å². The molecule has 3 rings (SSSR count). The van der Waals surface area contributed by atoms with E-state index in [-0.39, 0.29) is 22.5 Å². The second-order valence-electron chi connectivity index (χ2n) is 7.76. The molecule has 0 bridgehead atoms. The van der Waals surface area contributed by atoms with Crippen LogP contribution in [0.4, 0.5) is 24.5 Å². The topological polar surface area (TPSA) is 119 Å². The quantitative estimate of drug-likeness (QED) is 0.272. The minimum atomic E-state index is -4.49. The Hall–Kier alpha value is -3.51. The molecule has 1 aliphatic heterocycles. The van der Waals surface area contributed by atoms with E-state index in [9.17, 15) is 18.0 Å². The molecule has 0 unspecified atom stereocenters. The maximum Gasteiger partial charge on any atom is 0.418 e. The van der Waals surface area contributed by atoms with Crippen molar-refractivity contribution in [2.45, 2.75) is 19.0 Å². The standard InChI is InChI=1S/C21H22F3N3OS.C2H2O4/c1-27-11-9-14(10-12-27)19(28)15-5-4-6-16(13-15)25-20(29)26-18-8-3-2-7-17(18)21(22,23)24;3-1(4)2(5)6/h2-8,13-14H,9-12H2,1H3,(H2,25,26,29);(H,3,4)(H,5,6). The summed E-state index contributed by atoms with van der Waals surface area (Å²) in [5.74, 6) is -3.57. The summed E-state index contributed by atoms with van der Waals surface area (Å²) in [6.07, 6.45) is -2.85. The Bertz CT molecular complexity index is 1070. The van der Waals surface area contributed by atoms with Crippen molar-refractivity contribution in [3.63, 3.8) is 0 Å². The van der Waals surface area contributed by atoms with Gasteiger partial charge >= 0.3 is 18.1 Å². The third-order valence-electron chi connectivity index (χ3n) is 5.16. The number of carbonyl (C=O) groups is 3. The number of carboxylic acids is 2. The van der Waals surface area contributed by atoms with Crippen LogP contribution < -0.4 is 10.6 Å². The maximum atomic E-state index is 13.1. The van der Waals surface area contributed by atoms with Crippen molar-refractivity contribution in [1.82, 2.24) is 4.90 Å². The summed E-state index contributed by atoms with van der Waals surface area (Å²) in [7, 11) is 2.04. The van der Waals surface area contributed by atoms with E-state index in [0.717, 1.165) is 32.0 Å². The lowest BCUT2D eigenvalue weighted by Crippen LogP contribution is -2.33. The molecule has 0 saturated carbocycles. The van der Waals surface area contributed by atoms with Crippen LogP contribution in [0.5, 0.6) is 0 Å². The molecule has 2 aromatic rings. The normalized spacial score (nSPS) is 14.3. The Morgan fingerprint density at radius 2 is 1.57 bits per heavy atom. The summed E-state index contributed by atoms with van der Waals surface area (Å²) < 4.78 is 39.4. The fourth-order valence-corrected chi connectivity index (χ4v) is 3.61. The van der Waals surface area contributed by atoms with Crippen molar-refractivity contribution in [2.24, 2.45) is 5.92 Å². The van der Waals surface area contributed by atoms with E-state index in [1.165, 1.54) is 18.2 Å². The molecule has 1 heterocycles. The molecule has 8 nitrogen and oxygen atoms in total. The largest absolute Gasteiger partial charge is 0.473 e. The van der Waals surface area contributed by atoms with E-state index < -0.39 is 23.7 Å². The van der Waals surface area contributed by atoms with Crippen LogP contribution >= 0.6 is 12.2 Å². The molecule has 1 fully saturated rings. The van der Waals surface area contributed by atoms with Gasteiger partial charge in [-0.15, -0.1) is 0 Å². The number of halogens is 3. The van der Waals surface area contributed by atoms with Crippen LogP contribution in [0.25, 0.3) is 0 Å². The van der Waals surface area contributed by atoms with Crippen molar-refractivity contribution in [1.29, 1.82) is 0 Å². The van der Waals surface area contributed by atoms with E-state index in [2.05, 4.69) is 15.5 Å². The zero-order valence-corrected chi connectivity index (χ0v) is 19.4. The van der Waals surface area contributed by atoms with Gasteiger partial charge < -0.3 is 25.7 Å². The highest BCUT2D eigenvalue weighted by molar-refractivity contribution is 7.80. The number of piperidine rings is 1. The highest BCUT2D eigenvalue weighted by Crippen LogP contribution is 2.34. The lowest BCUT2D eigenvalue weighted by atomic mass is 9.89. The monoisotopic (exact) mass is 511 g/mol. The maximum absolute atomic E-state index is 13.1. The van der Waals surface area contributed by atoms with Gasteiger partial charge in [0.05, 0.1) is 11.3 Å². The fourth-order valence-electron chi connectivity index (χ4n) is 3.38. The van der Waals surface area contributed by atoms with Gasteiger partial charge in [-0.25, -0.2) is 9.59 Å². The summed E-state index contributed by atoms with van der Waals surface area (Å²) in [6, 6.07) is 12.0. The van der Waals surface area contributed by atoms with Crippen molar-refractivity contribution in [2.75, 3.05) is 30.8 Å². The second kappa shape index (κ2) is 12.3. The van der Waals surface area contributed by atoms with Crippen molar-refractivity contribution in [3.8, 4) is 0 Å². The van der Waals surface area contributed by atoms with E-state index in [1.54, 1.807) is 24.3 Å². The lowest BCUT2D eigenvalue weighted by molar-refractivity contribution is -0.159. The average molecular weight is 512 g/mol. The molecule has 1 aliphatic rings. The highest BCUT2D eigenvalue weighted by atomic mass is 32.1. The third kappa shape index (κ3) is 8.65. The van der Waals surface area contributed by atoms with Gasteiger partial charge in [-0.1, -0.05) is 24.3 Å². The summed E-state index contributed by atoms with van der Waals surface area (Å²) >= 11 is 5.17. The first-order valence-electron chi connectivity index (χ1n) is 10.4. The number of hydrogen-bond donors (Lipinski definition) is 4. The Morgan fingerprint density at radius 1 is 0.971 bits per heavy atom. The third-order valence-corrected chi connectivity index (χ3v) is 5.36. The highest BCUT2D eigenvalue weighted by Gasteiger charge is 2.33. The van der Waals surface area contributed by atoms with Crippen molar-refractivity contribution < 1.29 is 37.8 Å². The Kier molecular flexibility index (Phi) is 9.72. The minimum absolute atomic E-state index is 0.00908. The zero-order valence-electron chi connectivity index (χ0n) is 18.6. The van der Waals surface area contributed by atoms with Crippen LogP contribution in [0.2, 0.25) is 0 Å². The minimum Gasteiger partial charge on any atom is -0.473 e. The number of aliphatic carboxylic acids is 2. The van der Waals surface area contributed by atoms with Gasteiger partial charge in [-0.05, 0) is 69.5 Å². The number of thiocarbonyl (C=S) groups is 1. The molecule has 35 heavy (non-hydrogen) atoms. The van der Waals surface area contributed by atoms with Gasteiger partial charge in [-0.3, -0.25) is 4.79 Å². The van der Waals surface area contributed by atoms with Crippen molar-refractivity contribution >= 4 is 46.4 Å². The number of anilines is 2. The first-order chi connectivity index (χ1) is 16.4. The van der Waals surface area contributed by atoms with Crippen LogP contribution in [0.1, 0.15) is 28.8 Å². The summed E-state index contributed by atoms with van der Waals surface area (Å²) in [5.41, 5.74) is 0.195. The summed E-state index contributed by atoms with van der Waals surface area (Å²) in [4.78, 5) is 33.2. The van der Waals surface area contributed by atoms with Gasteiger partial charge in [0.25, 0.3) is 0 Å². The zero-order chi connectivity index (χ0) is 26.2. The Morgan fingerprint density at radius 3 is 2.14 bits per heavy atom. The predicted octanol–water partition coefficient (Wildman–Crippen LogP) is 4.19. The van der Waals surface area contributed by atoms with Gasteiger partial charge in [-0.2, -0.15) is 13.2 Å². The van der Waals surface area contributed by atoms with Crippen LogP contribution in [-0.2, 0) is 15.8 Å². The SMILES string of the molecule is CN1CCC(C(=O)c2cccc(NC(=S)Nc3ccccc3C(F)(F)F)c2)CC1.O=C(O)C(=O)O. The summed E-state index contributed by atoms with van der Waals surface area (Å²) in [5, 5.41) is 20.3. The molecular formula is C23H24F3N3O5S.